The fourth-order valence-corrected chi connectivity index (χ4v) is 3.35. The van der Waals surface area contributed by atoms with E-state index in [0.29, 0.717) is 6.04 Å². The van der Waals surface area contributed by atoms with E-state index in [-0.39, 0.29) is 0 Å². The zero-order chi connectivity index (χ0) is 14.9. The molecule has 0 N–H and O–H groups in total. The summed E-state index contributed by atoms with van der Waals surface area (Å²) in [4.78, 5) is 15.9. The summed E-state index contributed by atoms with van der Waals surface area (Å²) in [6, 6.07) is 11.1. The van der Waals surface area contributed by atoms with E-state index in [0.717, 1.165) is 36.5 Å². The highest BCUT2D eigenvalue weighted by Gasteiger charge is 2.29. The van der Waals surface area contributed by atoms with Crippen LogP contribution in [0.15, 0.2) is 43.0 Å². The molecule has 3 aromatic rings. The molecule has 0 spiro atoms. The van der Waals surface area contributed by atoms with Gasteiger partial charge in [0.25, 0.3) is 0 Å². The number of aryl methyl sites for hydroxylation is 1. The maximum absolute atomic E-state index is 4.56. The molecule has 4 rings (SSSR count). The highest BCUT2D eigenvalue weighted by Crippen LogP contribution is 2.37. The Morgan fingerprint density at radius 3 is 2.82 bits per heavy atom. The summed E-state index contributed by atoms with van der Waals surface area (Å²) in [6.45, 7) is 3.99. The second-order valence-corrected chi connectivity index (χ2v) is 5.66. The molecule has 0 saturated carbocycles. The Balaban J connectivity index is 1.79. The topological polar surface area (TPSA) is 46.8 Å². The van der Waals surface area contributed by atoms with Gasteiger partial charge in [0.05, 0.1) is 12.4 Å². The molecule has 0 radical (unpaired) electrons. The first-order valence-corrected chi connectivity index (χ1v) is 7.86. The van der Waals surface area contributed by atoms with Gasteiger partial charge in [-0.05, 0) is 25.3 Å². The molecule has 1 aliphatic rings. The number of hydrogen-bond acceptors (Lipinski definition) is 4. The molecule has 1 saturated heterocycles. The Hall–Kier alpha value is -2.43. The number of fused-ring (bicyclic) bond motifs is 1. The summed E-state index contributed by atoms with van der Waals surface area (Å²) in [5, 5.41) is 0. The normalized spacial score (nSPS) is 18.2. The standard InChI is InChI=1S/C17H19N5/c1-2-21-12-20-15-16(21)18-11-19-17(15)22-10-6-9-14(22)13-7-4-3-5-8-13/h3-5,7-8,11-12,14H,2,6,9-10H2,1H3. The van der Waals surface area contributed by atoms with Crippen molar-refractivity contribution < 1.29 is 0 Å². The van der Waals surface area contributed by atoms with Gasteiger partial charge in [-0.2, -0.15) is 0 Å². The lowest BCUT2D eigenvalue weighted by Gasteiger charge is -2.26. The highest BCUT2D eigenvalue weighted by atomic mass is 15.3. The highest BCUT2D eigenvalue weighted by molar-refractivity contribution is 5.83. The monoisotopic (exact) mass is 293 g/mol. The van der Waals surface area contributed by atoms with Crippen LogP contribution in [0.25, 0.3) is 11.2 Å². The first-order valence-electron chi connectivity index (χ1n) is 7.86. The zero-order valence-corrected chi connectivity index (χ0v) is 12.7. The minimum atomic E-state index is 0.381. The molecule has 112 valence electrons. The average molecular weight is 293 g/mol. The summed E-state index contributed by atoms with van der Waals surface area (Å²) in [5.41, 5.74) is 3.18. The molecule has 0 aliphatic carbocycles. The van der Waals surface area contributed by atoms with Crippen LogP contribution in [-0.2, 0) is 6.54 Å². The van der Waals surface area contributed by atoms with Crippen LogP contribution in [0, 0.1) is 0 Å². The molecule has 1 unspecified atom stereocenters. The Bertz CT molecular complexity index is 780. The van der Waals surface area contributed by atoms with Crippen LogP contribution >= 0.6 is 0 Å². The van der Waals surface area contributed by atoms with Gasteiger partial charge >= 0.3 is 0 Å². The van der Waals surface area contributed by atoms with Crippen LogP contribution < -0.4 is 4.90 Å². The molecule has 5 heteroatoms. The summed E-state index contributed by atoms with van der Waals surface area (Å²) in [6.07, 6.45) is 5.85. The third-order valence-corrected chi connectivity index (χ3v) is 4.43. The minimum Gasteiger partial charge on any atom is -0.348 e. The third-order valence-electron chi connectivity index (χ3n) is 4.43. The molecule has 1 aliphatic heterocycles. The van der Waals surface area contributed by atoms with Crippen molar-refractivity contribution in [3.8, 4) is 0 Å². The van der Waals surface area contributed by atoms with Crippen LogP contribution in [0.4, 0.5) is 5.82 Å². The predicted octanol–water partition coefficient (Wildman–Crippen LogP) is 3.19. The van der Waals surface area contributed by atoms with Crippen molar-refractivity contribution in [2.24, 2.45) is 0 Å². The van der Waals surface area contributed by atoms with Crippen LogP contribution in [0.2, 0.25) is 0 Å². The van der Waals surface area contributed by atoms with E-state index in [1.165, 1.54) is 12.0 Å². The van der Waals surface area contributed by atoms with Crippen molar-refractivity contribution in [3.05, 3.63) is 48.5 Å². The first-order chi connectivity index (χ1) is 10.9. The summed E-state index contributed by atoms with van der Waals surface area (Å²) < 4.78 is 2.06. The number of aromatic nitrogens is 4. The SMILES string of the molecule is CCn1cnc2c(N3CCCC3c3ccccc3)ncnc21. The van der Waals surface area contributed by atoms with Crippen LogP contribution in [0.3, 0.4) is 0 Å². The molecule has 0 amide bonds. The van der Waals surface area contributed by atoms with Crippen molar-refractivity contribution in [1.29, 1.82) is 0 Å². The maximum Gasteiger partial charge on any atom is 0.165 e. The zero-order valence-electron chi connectivity index (χ0n) is 12.7. The van der Waals surface area contributed by atoms with Gasteiger partial charge in [-0.1, -0.05) is 30.3 Å². The van der Waals surface area contributed by atoms with Gasteiger partial charge in [0, 0.05) is 13.1 Å². The van der Waals surface area contributed by atoms with Crippen LogP contribution in [0.1, 0.15) is 31.4 Å². The van der Waals surface area contributed by atoms with Crippen molar-refractivity contribution in [2.75, 3.05) is 11.4 Å². The van der Waals surface area contributed by atoms with E-state index in [1.54, 1.807) is 6.33 Å². The third kappa shape index (κ3) is 2.04. The Labute approximate surface area is 129 Å². The van der Waals surface area contributed by atoms with E-state index in [2.05, 4.69) is 61.7 Å². The molecule has 1 atom stereocenters. The van der Waals surface area contributed by atoms with Gasteiger partial charge in [-0.3, -0.25) is 0 Å². The van der Waals surface area contributed by atoms with Crippen molar-refractivity contribution in [3.63, 3.8) is 0 Å². The second-order valence-electron chi connectivity index (χ2n) is 5.66. The molecule has 1 aromatic carbocycles. The van der Waals surface area contributed by atoms with Crippen LogP contribution in [-0.4, -0.2) is 26.1 Å². The van der Waals surface area contributed by atoms with Crippen molar-refractivity contribution >= 4 is 17.0 Å². The Kier molecular flexibility index (Phi) is 3.25. The van der Waals surface area contributed by atoms with Crippen molar-refractivity contribution in [1.82, 2.24) is 19.5 Å². The lowest BCUT2D eigenvalue weighted by Crippen LogP contribution is -2.24. The summed E-state index contributed by atoms with van der Waals surface area (Å²) in [7, 11) is 0. The van der Waals surface area contributed by atoms with Crippen LogP contribution in [0.5, 0.6) is 0 Å². The molecule has 1 fully saturated rings. The molecule has 0 bridgehead atoms. The second kappa shape index (κ2) is 5.40. The smallest absolute Gasteiger partial charge is 0.165 e. The van der Waals surface area contributed by atoms with E-state index >= 15 is 0 Å². The number of nitrogens with zero attached hydrogens (tertiary/aromatic N) is 5. The molecular formula is C17H19N5. The molecule has 3 heterocycles. The van der Waals surface area contributed by atoms with Gasteiger partial charge in [-0.15, -0.1) is 0 Å². The Morgan fingerprint density at radius 2 is 2.00 bits per heavy atom. The first kappa shape index (κ1) is 13.2. The van der Waals surface area contributed by atoms with E-state index in [1.807, 2.05) is 6.33 Å². The molecule has 2 aromatic heterocycles. The molecule has 5 nitrogen and oxygen atoms in total. The number of hydrogen-bond donors (Lipinski definition) is 0. The summed E-state index contributed by atoms with van der Waals surface area (Å²) >= 11 is 0. The fraction of sp³-hybridized carbons (Fsp3) is 0.353. The van der Waals surface area contributed by atoms with E-state index in [9.17, 15) is 0 Å². The lowest BCUT2D eigenvalue weighted by atomic mass is 10.0. The molecule has 22 heavy (non-hydrogen) atoms. The predicted molar refractivity (Wildman–Crippen MR) is 86.8 cm³/mol. The Morgan fingerprint density at radius 1 is 1.14 bits per heavy atom. The maximum atomic E-state index is 4.56. The fourth-order valence-electron chi connectivity index (χ4n) is 3.35. The minimum absolute atomic E-state index is 0.381. The number of imidazole rings is 1. The lowest BCUT2D eigenvalue weighted by molar-refractivity contribution is 0.712. The summed E-state index contributed by atoms with van der Waals surface area (Å²) in [5.74, 6) is 0.962. The quantitative estimate of drug-likeness (QED) is 0.744. The van der Waals surface area contributed by atoms with E-state index < -0.39 is 0 Å². The van der Waals surface area contributed by atoms with Gasteiger partial charge < -0.3 is 9.47 Å². The van der Waals surface area contributed by atoms with E-state index in [4.69, 9.17) is 0 Å². The number of rotatable bonds is 3. The average Bonchev–Trinajstić information content (AvgIpc) is 3.22. The van der Waals surface area contributed by atoms with Gasteiger partial charge in [-0.25, -0.2) is 15.0 Å². The van der Waals surface area contributed by atoms with Gasteiger partial charge in [0.1, 0.15) is 6.33 Å². The van der Waals surface area contributed by atoms with Gasteiger partial charge in [0.15, 0.2) is 17.0 Å². The largest absolute Gasteiger partial charge is 0.348 e. The number of benzene rings is 1. The van der Waals surface area contributed by atoms with Gasteiger partial charge in [0.2, 0.25) is 0 Å². The number of anilines is 1. The molecular weight excluding hydrogens is 274 g/mol. The van der Waals surface area contributed by atoms with Crippen molar-refractivity contribution in [2.45, 2.75) is 32.4 Å².